The van der Waals surface area contributed by atoms with Gasteiger partial charge in [0.2, 0.25) is 0 Å². The lowest BCUT2D eigenvalue weighted by Gasteiger charge is -2.12. The number of hydrogen-bond donors (Lipinski definition) is 0. The van der Waals surface area contributed by atoms with Crippen molar-refractivity contribution in [3.05, 3.63) is 65.6 Å². The molecular weight excluding hydrogens is 377 g/mol. The molecule has 7 heteroatoms. The van der Waals surface area contributed by atoms with Gasteiger partial charge in [0.1, 0.15) is 16.5 Å². The maximum Gasteiger partial charge on any atom is 0.178 e. The van der Waals surface area contributed by atoms with Crippen molar-refractivity contribution < 1.29 is 17.5 Å². The Hall–Kier alpha value is -2.44. The Morgan fingerprint density at radius 3 is 2.46 bits per heavy atom. The van der Waals surface area contributed by atoms with Gasteiger partial charge in [-0.1, -0.05) is 29.8 Å². The molecule has 0 aliphatic carbocycles. The first-order valence-corrected chi connectivity index (χ1v) is 9.87. The summed E-state index contributed by atoms with van der Waals surface area (Å²) in [5, 5.41) is 0.477. The molecule has 3 rings (SSSR count). The molecule has 0 atom stereocenters. The van der Waals surface area contributed by atoms with Crippen LogP contribution in [0.15, 0.2) is 59.6 Å². The lowest BCUT2D eigenvalue weighted by atomic mass is 9.99. The van der Waals surface area contributed by atoms with E-state index in [4.69, 9.17) is 16.3 Å². The monoisotopic (exact) mass is 391 g/mol. The van der Waals surface area contributed by atoms with Crippen LogP contribution in [0.1, 0.15) is 0 Å². The predicted octanol–water partition coefficient (Wildman–Crippen LogP) is 4.62. The molecule has 134 valence electrons. The van der Waals surface area contributed by atoms with Gasteiger partial charge in [0.15, 0.2) is 9.84 Å². The number of halogens is 2. The van der Waals surface area contributed by atoms with Gasteiger partial charge in [0.05, 0.1) is 17.8 Å². The normalized spacial score (nSPS) is 11.4. The van der Waals surface area contributed by atoms with Gasteiger partial charge in [-0.15, -0.1) is 0 Å². The Labute approximate surface area is 156 Å². The lowest BCUT2D eigenvalue weighted by Crippen LogP contribution is -2.01. The van der Waals surface area contributed by atoms with E-state index in [9.17, 15) is 12.8 Å². The number of aromatic nitrogens is 1. The standard InChI is InChI=1S/C19H15ClFNO3S/c1-25-17-11-12(5-7-15(17)20)14-4-3-9-22-19(14)13-6-8-18(16(21)10-13)26(2,23)24/h3-11H,1-2H3. The Balaban J connectivity index is 2.16. The van der Waals surface area contributed by atoms with E-state index in [2.05, 4.69) is 4.98 Å². The van der Waals surface area contributed by atoms with Crippen LogP contribution in [0.3, 0.4) is 0 Å². The summed E-state index contributed by atoms with van der Waals surface area (Å²) in [6, 6.07) is 12.9. The maximum atomic E-state index is 14.3. The predicted molar refractivity (Wildman–Crippen MR) is 99.7 cm³/mol. The van der Waals surface area contributed by atoms with Crippen LogP contribution in [-0.2, 0) is 9.84 Å². The van der Waals surface area contributed by atoms with Gasteiger partial charge in [-0.05, 0) is 35.9 Å². The highest BCUT2D eigenvalue weighted by Crippen LogP contribution is 2.35. The zero-order chi connectivity index (χ0) is 18.9. The Morgan fingerprint density at radius 1 is 1.08 bits per heavy atom. The van der Waals surface area contributed by atoms with Crippen molar-refractivity contribution in [3.8, 4) is 28.1 Å². The number of ether oxygens (including phenoxy) is 1. The minimum atomic E-state index is -3.64. The molecule has 0 spiro atoms. The molecule has 0 saturated heterocycles. The summed E-state index contributed by atoms with van der Waals surface area (Å²) < 4.78 is 42.8. The topological polar surface area (TPSA) is 56.3 Å². The molecule has 2 aromatic carbocycles. The molecule has 0 saturated carbocycles. The van der Waals surface area contributed by atoms with Gasteiger partial charge >= 0.3 is 0 Å². The van der Waals surface area contributed by atoms with E-state index in [1.54, 1.807) is 30.5 Å². The molecular formula is C19H15ClFNO3S. The van der Waals surface area contributed by atoms with Gasteiger partial charge in [0.25, 0.3) is 0 Å². The van der Waals surface area contributed by atoms with Crippen molar-refractivity contribution in [2.75, 3.05) is 13.4 Å². The molecule has 0 N–H and O–H groups in total. The summed E-state index contributed by atoms with van der Waals surface area (Å²) in [5.74, 6) is -0.298. The maximum absolute atomic E-state index is 14.3. The van der Waals surface area contributed by atoms with Crippen LogP contribution >= 0.6 is 11.6 Å². The highest BCUT2D eigenvalue weighted by Gasteiger charge is 2.17. The summed E-state index contributed by atoms with van der Waals surface area (Å²) in [6.07, 6.45) is 2.56. The fraction of sp³-hybridized carbons (Fsp3) is 0.105. The summed E-state index contributed by atoms with van der Waals surface area (Å²) in [5.41, 5.74) is 2.53. The second-order valence-corrected chi connectivity index (χ2v) is 8.06. The number of benzene rings is 2. The SMILES string of the molecule is COc1cc(-c2cccnc2-c2ccc(S(C)(=O)=O)c(F)c2)ccc1Cl. The number of sulfone groups is 1. The molecule has 0 radical (unpaired) electrons. The fourth-order valence-corrected chi connectivity index (χ4v) is 3.57. The van der Waals surface area contributed by atoms with Crippen LogP contribution in [-0.4, -0.2) is 26.8 Å². The molecule has 4 nitrogen and oxygen atoms in total. The highest BCUT2D eigenvalue weighted by atomic mass is 35.5. The summed E-state index contributed by atoms with van der Waals surface area (Å²) >= 11 is 6.07. The highest BCUT2D eigenvalue weighted by molar-refractivity contribution is 7.90. The quantitative estimate of drug-likeness (QED) is 0.651. The van der Waals surface area contributed by atoms with Crippen molar-refractivity contribution in [3.63, 3.8) is 0 Å². The lowest BCUT2D eigenvalue weighted by molar-refractivity contribution is 0.415. The summed E-state index contributed by atoms with van der Waals surface area (Å²) in [6.45, 7) is 0. The summed E-state index contributed by atoms with van der Waals surface area (Å²) in [4.78, 5) is 4.01. The van der Waals surface area contributed by atoms with Crippen molar-refractivity contribution in [1.29, 1.82) is 0 Å². The summed E-state index contributed by atoms with van der Waals surface area (Å²) in [7, 11) is -2.11. The van der Waals surface area contributed by atoms with Crippen LogP contribution < -0.4 is 4.74 Å². The average Bonchev–Trinajstić information content (AvgIpc) is 2.61. The first-order valence-electron chi connectivity index (χ1n) is 7.60. The van der Waals surface area contributed by atoms with Gasteiger partial charge in [-0.25, -0.2) is 12.8 Å². The zero-order valence-corrected chi connectivity index (χ0v) is 15.6. The molecule has 26 heavy (non-hydrogen) atoms. The second-order valence-electron chi connectivity index (χ2n) is 5.67. The second kappa shape index (κ2) is 7.05. The first-order chi connectivity index (χ1) is 12.3. The van der Waals surface area contributed by atoms with Crippen molar-refractivity contribution in [1.82, 2.24) is 4.98 Å². The van der Waals surface area contributed by atoms with E-state index in [1.807, 2.05) is 12.1 Å². The average molecular weight is 392 g/mol. The third-order valence-electron chi connectivity index (χ3n) is 3.87. The van der Waals surface area contributed by atoms with Crippen molar-refractivity contribution in [2.45, 2.75) is 4.90 Å². The number of nitrogens with zero attached hydrogens (tertiary/aromatic N) is 1. The van der Waals surface area contributed by atoms with E-state index in [-0.39, 0.29) is 4.90 Å². The van der Waals surface area contributed by atoms with E-state index in [1.165, 1.54) is 19.2 Å². The smallest absolute Gasteiger partial charge is 0.178 e. The number of methoxy groups -OCH3 is 1. The van der Waals surface area contributed by atoms with Crippen LogP contribution in [0.4, 0.5) is 4.39 Å². The molecule has 0 amide bonds. The van der Waals surface area contributed by atoms with Crippen LogP contribution in [0.2, 0.25) is 5.02 Å². The molecule has 3 aromatic rings. The molecule has 0 aliphatic rings. The Morgan fingerprint density at radius 2 is 1.81 bits per heavy atom. The molecule has 1 aromatic heterocycles. The molecule has 1 heterocycles. The van der Waals surface area contributed by atoms with Gasteiger partial charge in [-0.2, -0.15) is 0 Å². The van der Waals surface area contributed by atoms with Gasteiger partial charge in [0, 0.05) is 23.6 Å². The third kappa shape index (κ3) is 3.57. The number of rotatable bonds is 4. The van der Waals surface area contributed by atoms with Gasteiger partial charge < -0.3 is 4.74 Å². The largest absolute Gasteiger partial charge is 0.495 e. The van der Waals surface area contributed by atoms with Crippen LogP contribution in [0, 0.1) is 5.82 Å². The van der Waals surface area contributed by atoms with Crippen LogP contribution in [0.5, 0.6) is 5.75 Å². The number of pyridine rings is 1. The third-order valence-corrected chi connectivity index (χ3v) is 5.32. The first kappa shape index (κ1) is 18.4. The van der Waals surface area contributed by atoms with E-state index < -0.39 is 15.7 Å². The molecule has 0 bridgehead atoms. The Kier molecular flexibility index (Phi) is 4.98. The minimum absolute atomic E-state index is 0.341. The van der Waals surface area contributed by atoms with Gasteiger partial charge in [-0.3, -0.25) is 4.98 Å². The Bertz CT molecular complexity index is 1080. The zero-order valence-electron chi connectivity index (χ0n) is 14.0. The van der Waals surface area contributed by atoms with Crippen molar-refractivity contribution in [2.24, 2.45) is 0 Å². The molecule has 0 unspecified atom stereocenters. The van der Waals surface area contributed by atoms with E-state index in [0.717, 1.165) is 17.4 Å². The molecule has 0 aliphatic heterocycles. The van der Waals surface area contributed by atoms with Crippen LogP contribution in [0.25, 0.3) is 22.4 Å². The van der Waals surface area contributed by atoms with E-state index >= 15 is 0 Å². The minimum Gasteiger partial charge on any atom is -0.495 e. The molecule has 0 fully saturated rings. The number of hydrogen-bond acceptors (Lipinski definition) is 4. The van der Waals surface area contributed by atoms with Crippen molar-refractivity contribution >= 4 is 21.4 Å². The van der Waals surface area contributed by atoms with E-state index in [0.29, 0.717) is 22.0 Å². The fourth-order valence-electron chi connectivity index (χ4n) is 2.64.